The molecule has 0 unspecified atom stereocenters. The number of H-pyrrole nitrogens is 1. The van der Waals surface area contributed by atoms with Crippen molar-refractivity contribution in [1.29, 1.82) is 0 Å². The van der Waals surface area contributed by atoms with Gasteiger partial charge in [-0.25, -0.2) is 19.7 Å². The SMILES string of the molecule is CCN(CCO)CCOc1ccc2nc(Nc3nc(C)c4cc(OC)cc(OC)c4n3)[nH]c(=O)c2c1OC(=O)C(F)(F)F. The second-order valence-electron chi connectivity index (χ2n) is 9.08. The van der Waals surface area contributed by atoms with Crippen molar-refractivity contribution in [3.8, 4) is 23.0 Å². The number of benzene rings is 2. The lowest BCUT2D eigenvalue weighted by Crippen LogP contribution is -2.31. The fourth-order valence-corrected chi connectivity index (χ4v) is 4.22. The Balaban J connectivity index is 1.72. The highest BCUT2D eigenvalue weighted by Gasteiger charge is 2.42. The van der Waals surface area contributed by atoms with Crippen LogP contribution in [0.5, 0.6) is 23.0 Å². The summed E-state index contributed by atoms with van der Waals surface area (Å²) in [7, 11) is 2.98. The topological polar surface area (TPSA) is 161 Å². The number of rotatable bonds is 12. The van der Waals surface area contributed by atoms with Crippen LogP contribution < -0.4 is 29.8 Å². The van der Waals surface area contributed by atoms with E-state index in [1.807, 2.05) is 11.8 Å². The van der Waals surface area contributed by atoms with E-state index in [0.29, 0.717) is 47.7 Å². The number of likely N-dealkylation sites (N-methyl/N-ethyl adjacent to an activating group) is 1. The molecule has 0 bridgehead atoms. The molecule has 4 rings (SSSR count). The molecule has 0 fully saturated rings. The summed E-state index contributed by atoms with van der Waals surface area (Å²) in [5.74, 6) is -2.68. The number of fused-ring (bicyclic) bond motifs is 2. The standard InChI is InChI=1S/C27H29F3N6O7/c1-5-36(8-10-37)9-11-42-18-7-6-17-20(22(18)43-24(39)27(28,29)30)23(38)34-26(32-17)35-25-31-14(2)16-12-15(40-3)13-19(41-4)21(16)33-25/h6-7,12-13,37H,5,8-11H2,1-4H3,(H2,31,32,33,34,35,38). The van der Waals surface area contributed by atoms with Crippen molar-refractivity contribution in [3.05, 3.63) is 40.3 Å². The summed E-state index contributed by atoms with van der Waals surface area (Å²) >= 11 is 0. The minimum Gasteiger partial charge on any atom is -0.497 e. The highest BCUT2D eigenvalue weighted by Crippen LogP contribution is 2.36. The third-order valence-electron chi connectivity index (χ3n) is 6.36. The summed E-state index contributed by atoms with van der Waals surface area (Å²) in [5, 5.41) is 12.2. The lowest BCUT2D eigenvalue weighted by atomic mass is 10.1. The van der Waals surface area contributed by atoms with E-state index in [2.05, 4.69) is 30.0 Å². The van der Waals surface area contributed by atoms with E-state index in [9.17, 15) is 22.8 Å². The number of carbonyl (C=O) groups is 1. The van der Waals surface area contributed by atoms with E-state index in [-0.39, 0.29) is 36.4 Å². The summed E-state index contributed by atoms with van der Waals surface area (Å²) in [5.41, 5.74) is -0.0149. The van der Waals surface area contributed by atoms with Crippen LogP contribution in [-0.2, 0) is 4.79 Å². The molecule has 0 spiro atoms. The predicted octanol–water partition coefficient (Wildman–Crippen LogP) is 3.10. The van der Waals surface area contributed by atoms with Gasteiger partial charge in [0.25, 0.3) is 5.56 Å². The van der Waals surface area contributed by atoms with Gasteiger partial charge in [0.2, 0.25) is 11.9 Å². The zero-order valence-corrected chi connectivity index (χ0v) is 23.7. The Kier molecular flexibility index (Phi) is 9.50. The highest BCUT2D eigenvalue weighted by molar-refractivity contribution is 5.92. The number of anilines is 2. The molecule has 0 aliphatic carbocycles. The molecule has 43 heavy (non-hydrogen) atoms. The number of aliphatic hydroxyl groups is 1. The maximum Gasteiger partial charge on any atom is 0.491 e. The van der Waals surface area contributed by atoms with Crippen molar-refractivity contribution in [3.63, 3.8) is 0 Å². The van der Waals surface area contributed by atoms with E-state index in [0.717, 1.165) is 0 Å². The molecule has 3 N–H and O–H groups in total. The molecule has 0 aliphatic heterocycles. The number of aromatic nitrogens is 4. The second kappa shape index (κ2) is 13.1. The summed E-state index contributed by atoms with van der Waals surface area (Å²) < 4.78 is 60.3. The molecule has 0 amide bonds. The fraction of sp³-hybridized carbons (Fsp3) is 0.370. The third-order valence-corrected chi connectivity index (χ3v) is 6.36. The number of ether oxygens (including phenoxy) is 4. The first-order valence-electron chi connectivity index (χ1n) is 13.0. The van der Waals surface area contributed by atoms with Crippen LogP contribution in [0.15, 0.2) is 29.1 Å². The molecule has 0 radical (unpaired) electrons. The Morgan fingerprint density at radius 3 is 2.51 bits per heavy atom. The molecule has 2 aromatic heterocycles. The number of esters is 1. The second-order valence-corrected chi connectivity index (χ2v) is 9.08. The summed E-state index contributed by atoms with van der Waals surface area (Å²) in [4.78, 5) is 42.3. The van der Waals surface area contributed by atoms with Crippen LogP contribution in [0.3, 0.4) is 0 Å². The number of nitrogens with one attached hydrogen (secondary N) is 2. The average molecular weight is 607 g/mol. The van der Waals surface area contributed by atoms with Crippen molar-refractivity contribution in [2.75, 3.05) is 52.4 Å². The van der Waals surface area contributed by atoms with Crippen LogP contribution in [0, 0.1) is 6.92 Å². The van der Waals surface area contributed by atoms with Gasteiger partial charge in [-0.15, -0.1) is 0 Å². The molecule has 13 nitrogen and oxygen atoms in total. The van der Waals surface area contributed by atoms with Crippen LogP contribution in [0.25, 0.3) is 21.8 Å². The minimum absolute atomic E-state index is 0.0329. The van der Waals surface area contributed by atoms with Crippen molar-refractivity contribution in [1.82, 2.24) is 24.8 Å². The van der Waals surface area contributed by atoms with Gasteiger partial charge in [-0.1, -0.05) is 6.92 Å². The number of aliphatic hydroxyl groups excluding tert-OH is 1. The van der Waals surface area contributed by atoms with Gasteiger partial charge in [-0.05, 0) is 31.7 Å². The number of aromatic amines is 1. The van der Waals surface area contributed by atoms with Gasteiger partial charge in [-0.3, -0.25) is 20.0 Å². The van der Waals surface area contributed by atoms with Gasteiger partial charge >= 0.3 is 12.1 Å². The molecule has 2 aromatic carbocycles. The van der Waals surface area contributed by atoms with Crippen LogP contribution in [0.1, 0.15) is 12.6 Å². The normalized spacial score (nSPS) is 11.7. The Labute approximate surface area is 242 Å². The van der Waals surface area contributed by atoms with Gasteiger partial charge in [0, 0.05) is 24.5 Å². The largest absolute Gasteiger partial charge is 0.497 e. The van der Waals surface area contributed by atoms with E-state index in [1.165, 1.54) is 26.4 Å². The lowest BCUT2D eigenvalue weighted by molar-refractivity contribution is -0.189. The summed E-state index contributed by atoms with van der Waals surface area (Å²) in [6, 6.07) is 5.96. The predicted molar refractivity (Wildman–Crippen MR) is 149 cm³/mol. The molecule has 4 aromatic rings. The van der Waals surface area contributed by atoms with Crippen LogP contribution in [0.4, 0.5) is 25.1 Å². The number of hydrogen-bond acceptors (Lipinski definition) is 12. The Morgan fingerprint density at radius 1 is 1.09 bits per heavy atom. The molecule has 16 heteroatoms. The van der Waals surface area contributed by atoms with Crippen LogP contribution >= 0.6 is 0 Å². The molecule has 0 atom stereocenters. The van der Waals surface area contributed by atoms with Gasteiger partial charge < -0.3 is 24.1 Å². The first-order valence-corrected chi connectivity index (χ1v) is 13.0. The average Bonchev–Trinajstić information content (AvgIpc) is 2.96. The van der Waals surface area contributed by atoms with Crippen molar-refractivity contribution in [2.45, 2.75) is 20.0 Å². The molecular formula is C27H29F3N6O7. The van der Waals surface area contributed by atoms with Crippen molar-refractivity contribution in [2.24, 2.45) is 0 Å². The van der Waals surface area contributed by atoms with Gasteiger partial charge in [-0.2, -0.15) is 13.2 Å². The molecule has 0 aliphatic rings. The Morgan fingerprint density at radius 2 is 1.86 bits per heavy atom. The van der Waals surface area contributed by atoms with Crippen LogP contribution in [0.2, 0.25) is 0 Å². The number of hydrogen-bond donors (Lipinski definition) is 3. The maximum atomic E-state index is 13.2. The number of nitrogens with zero attached hydrogens (tertiary/aromatic N) is 4. The zero-order valence-electron chi connectivity index (χ0n) is 23.7. The van der Waals surface area contributed by atoms with Gasteiger partial charge in [0.1, 0.15) is 29.0 Å². The molecular weight excluding hydrogens is 577 g/mol. The minimum atomic E-state index is -5.34. The highest BCUT2D eigenvalue weighted by atomic mass is 19.4. The number of aryl methyl sites for hydroxylation is 1. The number of carbonyl (C=O) groups excluding carboxylic acids is 1. The van der Waals surface area contributed by atoms with Crippen molar-refractivity contribution >= 4 is 39.7 Å². The smallest absolute Gasteiger partial charge is 0.491 e. The van der Waals surface area contributed by atoms with E-state index in [1.54, 1.807) is 19.1 Å². The Bertz CT molecular complexity index is 1700. The zero-order chi connectivity index (χ0) is 31.3. The first kappa shape index (κ1) is 31.2. The number of alkyl halides is 3. The summed E-state index contributed by atoms with van der Waals surface area (Å²) in [6.07, 6.45) is -5.34. The van der Waals surface area contributed by atoms with Crippen molar-refractivity contribution < 1.29 is 42.0 Å². The number of methoxy groups -OCH3 is 2. The lowest BCUT2D eigenvalue weighted by Gasteiger charge is -2.20. The van der Waals surface area contributed by atoms with Gasteiger partial charge in [0.15, 0.2) is 11.5 Å². The van der Waals surface area contributed by atoms with E-state index >= 15 is 0 Å². The number of halogens is 3. The van der Waals surface area contributed by atoms with Crippen LogP contribution in [-0.4, -0.2) is 89.2 Å². The monoisotopic (exact) mass is 606 g/mol. The maximum absolute atomic E-state index is 13.2. The van der Waals surface area contributed by atoms with Gasteiger partial charge in [0.05, 0.1) is 32.0 Å². The first-order chi connectivity index (χ1) is 20.5. The molecule has 2 heterocycles. The molecule has 0 saturated carbocycles. The third kappa shape index (κ3) is 7.03. The summed E-state index contributed by atoms with van der Waals surface area (Å²) in [6.45, 7) is 4.71. The quantitative estimate of drug-likeness (QED) is 0.160. The van der Waals surface area contributed by atoms with E-state index in [4.69, 9.17) is 19.3 Å². The van der Waals surface area contributed by atoms with E-state index < -0.39 is 28.8 Å². The molecule has 0 saturated heterocycles. The fourth-order valence-electron chi connectivity index (χ4n) is 4.22. The molecule has 230 valence electrons. The Hall–Kier alpha value is -4.70.